The van der Waals surface area contributed by atoms with Gasteiger partial charge >= 0.3 is 5.97 Å². The molecule has 0 spiro atoms. The van der Waals surface area contributed by atoms with E-state index in [1.54, 1.807) is 13.0 Å². The molecule has 3 N–H and O–H groups in total. The number of methoxy groups -OCH3 is 1. The molecular formula is C17H26N2O6S. The van der Waals surface area contributed by atoms with Gasteiger partial charge < -0.3 is 15.2 Å². The molecule has 0 bridgehead atoms. The van der Waals surface area contributed by atoms with Crippen molar-refractivity contribution in [2.75, 3.05) is 26.8 Å². The number of sulfonamides is 1. The van der Waals surface area contributed by atoms with Gasteiger partial charge in [0.05, 0.1) is 17.4 Å². The molecule has 1 unspecified atom stereocenters. The Balaban J connectivity index is 2.92. The Morgan fingerprint density at radius 3 is 2.58 bits per heavy atom. The molecule has 0 saturated heterocycles. The minimum atomic E-state index is -3.76. The molecule has 0 aromatic heterocycles. The summed E-state index contributed by atoms with van der Waals surface area (Å²) >= 11 is 0. The molecule has 9 heteroatoms. The van der Waals surface area contributed by atoms with E-state index in [-0.39, 0.29) is 30.2 Å². The van der Waals surface area contributed by atoms with Crippen molar-refractivity contribution in [2.45, 2.75) is 31.6 Å². The van der Waals surface area contributed by atoms with Crippen LogP contribution < -0.4 is 10.0 Å². The first-order valence-electron chi connectivity index (χ1n) is 8.33. The summed E-state index contributed by atoms with van der Waals surface area (Å²) in [5.41, 5.74) is 0.793. The number of aryl methyl sites for hydroxylation is 1. The van der Waals surface area contributed by atoms with Gasteiger partial charge in [-0.1, -0.05) is 19.4 Å². The number of aliphatic carboxylic acids is 1. The second-order valence-electron chi connectivity index (χ2n) is 5.90. The summed E-state index contributed by atoms with van der Waals surface area (Å²) in [7, 11) is -2.30. The first kappa shape index (κ1) is 22.1. The van der Waals surface area contributed by atoms with E-state index in [4.69, 9.17) is 9.84 Å². The maximum Gasteiger partial charge on any atom is 0.308 e. The first-order valence-corrected chi connectivity index (χ1v) is 9.81. The average Bonchev–Trinajstić information content (AvgIpc) is 2.58. The lowest BCUT2D eigenvalue weighted by Gasteiger charge is -2.14. The minimum absolute atomic E-state index is 0.00941. The number of ether oxygens (including phenoxy) is 1. The molecule has 1 aromatic rings. The third-order valence-electron chi connectivity index (χ3n) is 3.86. The van der Waals surface area contributed by atoms with E-state index < -0.39 is 27.8 Å². The number of nitrogens with one attached hydrogen (secondary N) is 2. The lowest BCUT2D eigenvalue weighted by Crippen LogP contribution is -2.33. The van der Waals surface area contributed by atoms with Crippen LogP contribution in [0, 0.1) is 12.8 Å². The molecule has 0 aliphatic rings. The highest BCUT2D eigenvalue weighted by Gasteiger charge is 2.20. The Morgan fingerprint density at radius 1 is 1.31 bits per heavy atom. The number of carboxylic acids is 1. The number of hydrogen-bond acceptors (Lipinski definition) is 5. The van der Waals surface area contributed by atoms with Crippen LogP contribution in [0.3, 0.4) is 0 Å². The van der Waals surface area contributed by atoms with Gasteiger partial charge in [-0.25, -0.2) is 13.1 Å². The summed E-state index contributed by atoms with van der Waals surface area (Å²) in [5.74, 6) is -2.15. The van der Waals surface area contributed by atoms with E-state index in [0.29, 0.717) is 18.4 Å². The van der Waals surface area contributed by atoms with Crippen LogP contribution in [-0.2, 0) is 19.6 Å². The maximum atomic E-state index is 12.4. The summed E-state index contributed by atoms with van der Waals surface area (Å²) < 4.78 is 31.7. The molecule has 0 radical (unpaired) electrons. The molecule has 0 fully saturated rings. The standard InChI is InChI=1S/C17H26N2O6S/c1-4-5-13(17(21)22)11-18-16(20)15-10-14(7-6-12(15)2)26(23,24)19-8-9-25-3/h6-7,10,13,19H,4-5,8-9,11H2,1-3H3,(H,18,20)(H,21,22). The molecule has 1 amide bonds. The number of rotatable bonds is 11. The van der Waals surface area contributed by atoms with Crippen molar-refractivity contribution in [1.29, 1.82) is 0 Å². The van der Waals surface area contributed by atoms with E-state index in [1.807, 2.05) is 6.92 Å². The second kappa shape index (κ2) is 10.2. The number of benzene rings is 1. The zero-order valence-corrected chi connectivity index (χ0v) is 16.1. The highest BCUT2D eigenvalue weighted by Crippen LogP contribution is 2.16. The summed E-state index contributed by atoms with van der Waals surface area (Å²) in [4.78, 5) is 23.5. The lowest BCUT2D eigenvalue weighted by atomic mass is 10.0. The topological polar surface area (TPSA) is 122 Å². The summed E-state index contributed by atoms with van der Waals surface area (Å²) in [6.45, 7) is 3.89. The predicted molar refractivity (Wildman–Crippen MR) is 96.6 cm³/mol. The Bertz CT molecular complexity index is 733. The molecule has 8 nitrogen and oxygen atoms in total. The normalized spacial score (nSPS) is 12.6. The van der Waals surface area contributed by atoms with Crippen LogP contribution >= 0.6 is 0 Å². The molecular weight excluding hydrogens is 360 g/mol. The third-order valence-corrected chi connectivity index (χ3v) is 5.32. The van der Waals surface area contributed by atoms with Gasteiger partial charge in [-0.05, 0) is 31.0 Å². The zero-order valence-electron chi connectivity index (χ0n) is 15.2. The van der Waals surface area contributed by atoms with Crippen LogP contribution in [0.15, 0.2) is 23.1 Å². The van der Waals surface area contributed by atoms with Gasteiger partial charge in [-0.2, -0.15) is 0 Å². The highest BCUT2D eigenvalue weighted by molar-refractivity contribution is 7.89. The van der Waals surface area contributed by atoms with Crippen molar-refractivity contribution >= 4 is 21.9 Å². The van der Waals surface area contributed by atoms with Gasteiger partial charge in [-0.15, -0.1) is 0 Å². The molecule has 0 aliphatic carbocycles. The van der Waals surface area contributed by atoms with Gasteiger partial charge in [-0.3, -0.25) is 9.59 Å². The van der Waals surface area contributed by atoms with Crippen molar-refractivity contribution in [3.63, 3.8) is 0 Å². The fourth-order valence-electron chi connectivity index (χ4n) is 2.35. The third kappa shape index (κ3) is 6.40. The Hall–Kier alpha value is -1.97. The van der Waals surface area contributed by atoms with Crippen molar-refractivity contribution in [1.82, 2.24) is 10.0 Å². The molecule has 1 rings (SSSR count). The molecule has 26 heavy (non-hydrogen) atoms. The van der Waals surface area contributed by atoms with Crippen LogP contribution in [0.2, 0.25) is 0 Å². The second-order valence-corrected chi connectivity index (χ2v) is 7.67. The molecule has 0 saturated carbocycles. The number of carbonyl (C=O) groups excluding carboxylic acids is 1. The van der Waals surface area contributed by atoms with Crippen molar-refractivity contribution in [3.8, 4) is 0 Å². The fraction of sp³-hybridized carbons (Fsp3) is 0.529. The molecule has 0 aliphatic heterocycles. The van der Waals surface area contributed by atoms with Crippen LogP contribution in [0.25, 0.3) is 0 Å². The van der Waals surface area contributed by atoms with Crippen molar-refractivity contribution < 1.29 is 27.9 Å². The highest BCUT2D eigenvalue weighted by atomic mass is 32.2. The summed E-state index contributed by atoms with van der Waals surface area (Å²) in [6.07, 6.45) is 1.14. The predicted octanol–water partition coefficient (Wildman–Crippen LogP) is 1.15. The largest absolute Gasteiger partial charge is 0.481 e. The quantitative estimate of drug-likeness (QED) is 0.491. The number of carboxylic acid groups (broad SMARTS) is 1. The van der Waals surface area contributed by atoms with E-state index in [9.17, 15) is 18.0 Å². The number of hydrogen-bond donors (Lipinski definition) is 3. The monoisotopic (exact) mass is 386 g/mol. The molecule has 146 valence electrons. The first-order chi connectivity index (χ1) is 12.2. The van der Waals surface area contributed by atoms with E-state index in [2.05, 4.69) is 10.0 Å². The van der Waals surface area contributed by atoms with Gasteiger partial charge in [0, 0.05) is 25.8 Å². The molecule has 1 aromatic carbocycles. The SMILES string of the molecule is CCCC(CNC(=O)c1cc(S(=O)(=O)NCCOC)ccc1C)C(=O)O. The zero-order chi connectivity index (χ0) is 19.7. The Labute approximate surface area is 154 Å². The fourth-order valence-corrected chi connectivity index (χ4v) is 3.39. The number of amides is 1. The van der Waals surface area contributed by atoms with Gasteiger partial charge in [0.25, 0.3) is 5.91 Å². The summed E-state index contributed by atoms with van der Waals surface area (Å²) in [6, 6.07) is 4.24. The average molecular weight is 386 g/mol. The lowest BCUT2D eigenvalue weighted by molar-refractivity contribution is -0.141. The van der Waals surface area contributed by atoms with E-state index >= 15 is 0 Å². The Kier molecular flexibility index (Phi) is 8.70. The maximum absolute atomic E-state index is 12.4. The Morgan fingerprint density at radius 2 is 2.00 bits per heavy atom. The molecule has 0 heterocycles. The van der Waals surface area contributed by atoms with Crippen molar-refractivity contribution in [2.24, 2.45) is 5.92 Å². The van der Waals surface area contributed by atoms with Crippen LogP contribution in [-0.4, -0.2) is 52.2 Å². The van der Waals surface area contributed by atoms with Crippen LogP contribution in [0.5, 0.6) is 0 Å². The van der Waals surface area contributed by atoms with Crippen molar-refractivity contribution in [3.05, 3.63) is 29.3 Å². The van der Waals surface area contributed by atoms with Gasteiger partial charge in [0.1, 0.15) is 0 Å². The number of carbonyl (C=O) groups is 2. The van der Waals surface area contributed by atoms with E-state index in [1.165, 1.54) is 19.2 Å². The van der Waals surface area contributed by atoms with Crippen LogP contribution in [0.4, 0.5) is 0 Å². The van der Waals surface area contributed by atoms with Gasteiger partial charge in [0.2, 0.25) is 10.0 Å². The molecule has 1 atom stereocenters. The minimum Gasteiger partial charge on any atom is -0.481 e. The smallest absolute Gasteiger partial charge is 0.308 e. The van der Waals surface area contributed by atoms with Gasteiger partial charge in [0.15, 0.2) is 0 Å². The van der Waals surface area contributed by atoms with E-state index in [0.717, 1.165) is 0 Å². The summed E-state index contributed by atoms with van der Waals surface area (Å²) in [5, 5.41) is 11.7. The van der Waals surface area contributed by atoms with Crippen LogP contribution in [0.1, 0.15) is 35.7 Å².